The largest absolute Gasteiger partial charge is 0.495 e. The molecular weight excluding hydrogens is 492 g/mol. The molecule has 200 valence electrons. The van der Waals surface area contributed by atoms with Crippen molar-refractivity contribution in [2.75, 3.05) is 4.90 Å². The zero-order valence-corrected chi connectivity index (χ0v) is 23.7. The third-order valence-corrected chi connectivity index (χ3v) is 9.11. The summed E-state index contributed by atoms with van der Waals surface area (Å²) in [5, 5.41) is 0. The molecule has 3 aromatic carbocycles. The van der Waals surface area contributed by atoms with Gasteiger partial charge in [-0.3, -0.25) is 4.90 Å². The van der Waals surface area contributed by atoms with Crippen molar-refractivity contribution in [1.82, 2.24) is 0 Å². The minimum absolute atomic E-state index is 0.434. The van der Waals surface area contributed by atoms with E-state index in [1.165, 1.54) is 0 Å². The predicted octanol–water partition coefficient (Wildman–Crippen LogP) is 5.97. The molecule has 0 bridgehead atoms. The minimum Gasteiger partial charge on any atom is -0.453 e. The van der Waals surface area contributed by atoms with Gasteiger partial charge in [-0.2, -0.15) is 0 Å². The number of ether oxygens (including phenoxy) is 2. The standard InChI is InChI=1S/C30H33B2NO6/c1-27(2)28(3,4)37-31(36-27)18-13-14-21-23(15-18)35-25-17-19(32-38-29(5,6)30(7,8)39-32)16-24-26(25)33(21)20-11-9-10-12-22(20)34-24/h9-17H,1-8H3. The molecule has 0 radical (unpaired) electrons. The Morgan fingerprint density at radius 2 is 0.974 bits per heavy atom. The van der Waals surface area contributed by atoms with Crippen molar-refractivity contribution in [1.29, 1.82) is 0 Å². The number of nitrogens with zero attached hydrogens (tertiary/aromatic N) is 1. The van der Waals surface area contributed by atoms with Crippen LogP contribution in [-0.4, -0.2) is 36.6 Å². The zero-order chi connectivity index (χ0) is 27.5. The molecule has 2 fully saturated rings. The summed E-state index contributed by atoms with van der Waals surface area (Å²) in [7, 11) is -1.04. The van der Waals surface area contributed by atoms with E-state index in [1.54, 1.807) is 0 Å². The van der Waals surface area contributed by atoms with Crippen LogP contribution in [0.2, 0.25) is 0 Å². The van der Waals surface area contributed by atoms with Crippen molar-refractivity contribution in [2.45, 2.75) is 77.8 Å². The van der Waals surface area contributed by atoms with Crippen molar-refractivity contribution >= 4 is 42.2 Å². The van der Waals surface area contributed by atoms with E-state index >= 15 is 0 Å². The highest BCUT2D eigenvalue weighted by molar-refractivity contribution is 6.62. The second-order valence-corrected chi connectivity index (χ2v) is 12.8. The Bertz CT molecular complexity index is 1490. The molecule has 0 N–H and O–H groups in total. The number of hydrogen-bond acceptors (Lipinski definition) is 7. The molecule has 0 unspecified atom stereocenters. The lowest BCUT2D eigenvalue weighted by Gasteiger charge is -2.38. The SMILES string of the molecule is CC1(C)OB(c2ccc3c(c2)Oc2cc(B4OC(C)(C)C(C)(C)O4)cc4c2N3c2ccccc2O4)OC1(C)C. The summed E-state index contributed by atoms with van der Waals surface area (Å²) in [5.74, 6) is 2.84. The number of rotatable bonds is 2. The van der Waals surface area contributed by atoms with E-state index in [9.17, 15) is 0 Å². The van der Waals surface area contributed by atoms with E-state index in [1.807, 2.05) is 70.2 Å². The van der Waals surface area contributed by atoms with Crippen LogP contribution < -0.4 is 25.3 Å². The lowest BCUT2D eigenvalue weighted by atomic mass is 9.78. The summed E-state index contributed by atoms with van der Waals surface area (Å²) in [4.78, 5) is 2.20. The molecular formula is C30H33B2NO6. The molecule has 0 amide bonds. The summed E-state index contributed by atoms with van der Waals surface area (Å²) >= 11 is 0. The number of hydrogen-bond donors (Lipinski definition) is 0. The van der Waals surface area contributed by atoms with Gasteiger partial charge in [0, 0.05) is 0 Å². The van der Waals surface area contributed by atoms with Crippen molar-refractivity contribution in [2.24, 2.45) is 0 Å². The number of para-hydroxylation sites is 2. The summed E-state index contributed by atoms with van der Waals surface area (Å²) < 4.78 is 38.4. The molecule has 3 aromatic rings. The Kier molecular flexibility index (Phi) is 5.02. The molecule has 39 heavy (non-hydrogen) atoms. The first-order chi connectivity index (χ1) is 18.3. The fourth-order valence-electron chi connectivity index (χ4n) is 5.35. The van der Waals surface area contributed by atoms with E-state index in [2.05, 4.69) is 44.7 Å². The molecule has 0 aliphatic carbocycles. The molecule has 4 aliphatic heterocycles. The molecule has 9 heteroatoms. The first kappa shape index (κ1) is 25.0. The van der Waals surface area contributed by atoms with Crippen molar-refractivity contribution in [3.05, 3.63) is 54.6 Å². The van der Waals surface area contributed by atoms with Gasteiger partial charge in [0.05, 0.1) is 33.8 Å². The second-order valence-electron chi connectivity index (χ2n) is 12.8. The normalized spacial score (nSPS) is 22.5. The monoisotopic (exact) mass is 525 g/mol. The molecule has 0 atom stereocenters. The summed E-state index contributed by atoms with van der Waals surface area (Å²) in [6.07, 6.45) is 0. The van der Waals surface area contributed by atoms with Crippen LogP contribution in [0.4, 0.5) is 17.1 Å². The van der Waals surface area contributed by atoms with E-state index in [4.69, 9.17) is 28.1 Å². The Morgan fingerprint density at radius 3 is 1.56 bits per heavy atom. The third-order valence-electron chi connectivity index (χ3n) is 9.11. The molecule has 4 heterocycles. The van der Waals surface area contributed by atoms with E-state index in [0.717, 1.165) is 33.7 Å². The number of benzene rings is 3. The van der Waals surface area contributed by atoms with Crippen molar-refractivity contribution in [3.63, 3.8) is 0 Å². The highest BCUT2D eigenvalue weighted by Gasteiger charge is 2.53. The number of anilines is 3. The Morgan fingerprint density at radius 1 is 0.513 bits per heavy atom. The van der Waals surface area contributed by atoms with Crippen LogP contribution in [0.3, 0.4) is 0 Å². The summed E-state index contributed by atoms with van der Waals surface area (Å²) in [5.41, 5.74) is 2.67. The van der Waals surface area contributed by atoms with Crippen LogP contribution >= 0.6 is 0 Å². The van der Waals surface area contributed by atoms with Crippen molar-refractivity contribution < 1.29 is 28.1 Å². The fourth-order valence-corrected chi connectivity index (χ4v) is 5.35. The van der Waals surface area contributed by atoms with Crippen LogP contribution in [-0.2, 0) is 18.6 Å². The Balaban J connectivity index is 1.34. The summed E-state index contributed by atoms with van der Waals surface area (Å²) in [6, 6.07) is 18.1. The average molecular weight is 525 g/mol. The first-order valence-electron chi connectivity index (χ1n) is 13.5. The van der Waals surface area contributed by atoms with E-state index < -0.39 is 36.6 Å². The Labute approximate surface area is 230 Å². The smallest absolute Gasteiger partial charge is 0.453 e. The maximum absolute atomic E-state index is 6.60. The minimum atomic E-state index is -0.549. The molecule has 2 saturated heterocycles. The van der Waals surface area contributed by atoms with Gasteiger partial charge >= 0.3 is 14.2 Å². The topological polar surface area (TPSA) is 58.6 Å². The van der Waals surface area contributed by atoms with Gasteiger partial charge in [0.2, 0.25) is 0 Å². The van der Waals surface area contributed by atoms with Crippen LogP contribution in [0.15, 0.2) is 54.6 Å². The lowest BCUT2D eigenvalue weighted by molar-refractivity contribution is 0.00578. The van der Waals surface area contributed by atoms with Crippen LogP contribution in [0.1, 0.15) is 55.4 Å². The summed E-state index contributed by atoms with van der Waals surface area (Å²) in [6.45, 7) is 16.4. The van der Waals surface area contributed by atoms with Gasteiger partial charge < -0.3 is 28.1 Å². The van der Waals surface area contributed by atoms with E-state index in [-0.39, 0.29) is 0 Å². The third kappa shape index (κ3) is 3.60. The zero-order valence-electron chi connectivity index (χ0n) is 23.7. The molecule has 0 aromatic heterocycles. The van der Waals surface area contributed by atoms with Crippen molar-refractivity contribution in [3.8, 4) is 23.0 Å². The molecule has 4 aliphatic rings. The van der Waals surface area contributed by atoms with Gasteiger partial charge in [-0.05, 0) is 103 Å². The van der Waals surface area contributed by atoms with Crippen LogP contribution in [0, 0.1) is 0 Å². The van der Waals surface area contributed by atoms with E-state index in [0.29, 0.717) is 17.2 Å². The fraction of sp³-hybridized carbons (Fsp3) is 0.400. The van der Waals surface area contributed by atoms with Gasteiger partial charge in [0.1, 0.15) is 5.69 Å². The van der Waals surface area contributed by atoms with Gasteiger partial charge in [0.25, 0.3) is 0 Å². The average Bonchev–Trinajstić information content (AvgIpc) is 3.22. The highest BCUT2D eigenvalue weighted by Crippen LogP contribution is 2.59. The number of fused-ring (bicyclic) bond motifs is 4. The molecule has 7 rings (SSSR count). The molecule has 0 spiro atoms. The molecule has 0 saturated carbocycles. The molecule has 7 nitrogen and oxygen atoms in total. The quantitative estimate of drug-likeness (QED) is 0.264. The highest BCUT2D eigenvalue weighted by atomic mass is 16.7. The maximum atomic E-state index is 6.60. The van der Waals surface area contributed by atoms with Gasteiger partial charge in [-0.1, -0.05) is 18.2 Å². The first-order valence-corrected chi connectivity index (χ1v) is 13.5. The lowest BCUT2D eigenvalue weighted by Crippen LogP contribution is -2.41. The Hall–Kier alpha value is -2.97. The second kappa shape index (κ2) is 7.82. The van der Waals surface area contributed by atoms with Gasteiger partial charge in [0.15, 0.2) is 23.0 Å². The predicted molar refractivity (Wildman–Crippen MR) is 153 cm³/mol. The van der Waals surface area contributed by atoms with Gasteiger partial charge in [-0.15, -0.1) is 0 Å². The van der Waals surface area contributed by atoms with Crippen LogP contribution in [0.5, 0.6) is 23.0 Å². The van der Waals surface area contributed by atoms with Crippen LogP contribution in [0.25, 0.3) is 0 Å². The van der Waals surface area contributed by atoms with Gasteiger partial charge in [-0.25, -0.2) is 0 Å². The maximum Gasteiger partial charge on any atom is 0.495 e.